The summed E-state index contributed by atoms with van der Waals surface area (Å²) in [5, 5.41) is 6.43. The third-order valence-electron chi connectivity index (χ3n) is 3.33. The van der Waals surface area contributed by atoms with Crippen LogP contribution in [0.4, 0.5) is 5.82 Å². The zero-order chi connectivity index (χ0) is 14.1. The number of anilines is 1. The quantitative estimate of drug-likeness (QED) is 0.805. The Kier molecular flexibility index (Phi) is 3.08. The lowest BCUT2D eigenvalue weighted by atomic mass is 10.2. The van der Waals surface area contributed by atoms with Crippen LogP contribution in [0.2, 0.25) is 0 Å². The van der Waals surface area contributed by atoms with Gasteiger partial charge < -0.3 is 14.8 Å². The molecule has 2 aromatic heterocycles. The molecule has 3 aromatic rings. The minimum atomic E-state index is 0.602. The van der Waals surface area contributed by atoms with Crippen molar-refractivity contribution in [1.29, 1.82) is 0 Å². The van der Waals surface area contributed by atoms with Gasteiger partial charge in [-0.25, -0.2) is 9.97 Å². The zero-order valence-electron chi connectivity index (χ0n) is 11.2. The van der Waals surface area contributed by atoms with E-state index in [1.807, 2.05) is 29.6 Å². The minimum Gasteiger partial charge on any atom is -0.486 e. The molecule has 0 fully saturated rings. The molecular formula is C15H13N3O2S. The molecule has 1 aliphatic heterocycles. The van der Waals surface area contributed by atoms with Crippen LogP contribution in [-0.2, 0) is 6.54 Å². The van der Waals surface area contributed by atoms with Crippen molar-refractivity contribution >= 4 is 27.4 Å². The molecule has 5 nitrogen and oxygen atoms in total. The number of fused-ring (bicyclic) bond motifs is 2. The summed E-state index contributed by atoms with van der Waals surface area (Å²) in [5.41, 5.74) is 1.13. The molecule has 1 N–H and O–H groups in total. The van der Waals surface area contributed by atoms with E-state index in [0.717, 1.165) is 33.1 Å². The van der Waals surface area contributed by atoms with Crippen LogP contribution in [0.1, 0.15) is 5.56 Å². The van der Waals surface area contributed by atoms with Crippen molar-refractivity contribution in [3.05, 3.63) is 41.5 Å². The van der Waals surface area contributed by atoms with Gasteiger partial charge in [-0.05, 0) is 29.1 Å². The lowest BCUT2D eigenvalue weighted by Crippen LogP contribution is -2.15. The highest BCUT2D eigenvalue weighted by Gasteiger charge is 2.12. The first-order valence-corrected chi connectivity index (χ1v) is 7.59. The van der Waals surface area contributed by atoms with E-state index in [0.29, 0.717) is 19.8 Å². The van der Waals surface area contributed by atoms with E-state index in [1.165, 1.54) is 0 Å². The van der Waals surface area contributed by atoms with Gasteiger partial charge in [-0.3, -0.25) is 0 Å². The minimum absolute atomic E-state index is 0.602. The summed E-state index contributed by atoms with van der Waals surface area (Å²) in [6, 6.07) is 8.03. The van der Waals surface area contributed by atoms with Crippen molar-refractivity contribution < 1.29 is 9.47 Å². The highest BCUT2D eigenvalue weighted by Crippen LogP contribution is 2.31. The number of nitrogens with one attached hydrogen (secondary N) is 1. The van der Waals surface area contributed by atoms with E-state index in [2.05, 4.69) is 15.3 Å². The normalized spacial score (nSPS) is 13.3. The number of hydrogen-bond donors (Lipinski definition) is 1. The standard InChI is InChI=1S/C15H13N3O2S/c1-2-12-13(20-5-4-19-12)7-10(1)8-16-14-11-3-6-21-15(11)18-9-17-14/h1-3,6-7,9H,4-5,8H2,(H,16,17,18). The smallest absolute Gasteiger partial charge is 0.161 e. The topological polar surface area (TPSA) is 56.3 Å². The number of rotatable bonds is 3. The van der Waals surface area contributed by atoms with Gasteiger partial charge in [0, 0.05) is 6.54 Å². The van der Waals surface area contributed by atoms with Crippen LogP contribution in [0.5, 0.6) is 11.5 Å². The molecule has 0 atom stereocenters. The van der Waals surface area contributed by atoms with E-state index in [1.54, 1.807) is 17.7 Å². The largest absolute Gasteiger partial charge is 0.486 e. The van der Waals surface area contributed by atoms with Crippen molar-refractivity contribution in [2.24, 2.45) is 0 Å². The van der Waals surface area contributed by atoms with Gasteiger partial charge >= 0.3 is 0 Å². The highest BCUT2D eigenvalue weighted by atomic mass is 32.1. The second kappa shape index (κ2) is 5.21. The lowest BCUT2D eigenvalue weighted by molar-refractivity contribution is 0.171. The fourth-order valence-corrected chi connectivity index (χ4v) is 3.05. The van der Waals surface area contributed by atoms with E-state index in [4.69, 9.17) is 9.47 Å². The Hall–Kier alpha value is -2.34. The lowest BCUT2D eigenvalue weighted by Gasteiger charge is -2.19. The first-order chi connectivity index (χ1) is 10.4. The number of aromatic nitrogens is 2. The maximum absolute atomic E-state index is 5.60. The maximum Gasteiger partial charge on any atom is 0.161 e. The summed E-state index contributed by atoms with van der Waals surface area (Å²) >= 11 is 1.61. The van der Waals surface area contributed by atoms with Gasteiger partial charge in [0.2, 0.25) is 0 Å². The Labute approximate surface area is 125 Å². The number of thiophene rings is 1. The monoisotopic (exact) mass is 299 g/mol. The van der Waals surface area contributed by atoms with E-state index >= 15 is 0 Å². The van der Waals surface area contributed by atoms with Gasteiger partial charge in [0.15, 0.2) is 11.5 Å². The summed E-state index contributed by atoms with van der Waals surface area (Å²) in [4.78, 5) is 9.55. The van der Waals surface area contributed by atoms with Crippen molar-refractivity contribution in [1.82, 2.24) is 9.97 Å². The fraction of sp³-hybridized carbons (Fsp3) is 0.200. The Balaban J connectivity index is 1.55. The predicted molar refractivity (Wildman–Crippen MR) is 82.2 cm³/mol. The van der Waals surface area contributed by atoms with E-state index in [-0.39, 0.29) is 0 Å². The third-order valence-corrected chi connectivity index (χ3v) is 4.15. The van der Waals surface area contributed by atoms with E-state index < -0.39 is 0 Å². The molecule has 0 radical (unpaired) electrons. The number of nitrogens with zero attached hydrogens (tertiary/aromatic N) is 2. The average Bonchev–Trinajstić information content (AvgIpc) is 3.02. The van der Waals surface area contributed by atoms with Crippen LogP contribution in [0, 0.1) is 0 Å². The fourth-order valence-electron chi connectivity index (χ4n) is 2.31. The summed E-state index contributed by atoms with van der Waals surface area (Å²) in [7, 11) is 0. The van der Waals surface area contributed by atoms with Crippen LogP contribution in [-0.4, -0.2) is 23.2 Å². The third kappa shape index (κ3) is 2.38. The molecular weight excluding hydrogens is 286 g/mol. The average molecular weight is 299 g/mol. The molecule has 0 amide bonds. The molecule has 0 spiro atoms. The molecule has 0 aliphatic carbocycles. The molecule has 0 saturated carbocycles. The summed E-state index contributed by atoms with van der Waals surface area (Å²) in [5.74, 6) is 2.48. The molecule has 3 heterocycles. The van der Waals surface area contributed by atoms with Crippen LogP contribution >= 0.6 is 11.3 Å². The van der Waals surface area contributed by atoms with Crippen LogP contribution < -0.4 is 14.8 Å². The number of ether oxygens (including phenoxy) is 2. The summed E-state index contributed by atoms with van der Waals surface area (Å²) in [6.45, 7) is 1.89. The van der Waals surface area contributed by atoms with Crippen LogP contribution in [0.15, 0.2) is 36.0 Å². The molecule has 6 heteroatoms. The van der Waals surface area contributed by atoms with Gasteiger partial charge in [-0.1, -0.05) is 6.07 Å². The zero-order valence-corrected chi connectivity index (χ0v) is 12.0. The van der Waals surface area contributed by atoms with Crippen molar-refractivity contribution in [3.63, 3.8) is 0 Å². The van der Waals surface area contributed by atoms with Gasteiger partial charge in [-0.15, -0.1) is 11.3 Å². The summed E-state index contributed by atoms with van der Waals surface area (Å²) < 4.78 is 11.1. The maximum atomic E-state index is 5.60. The molecule has 4 rings (SSSR count). The van der Waals surface area contributed by atoms with Crippen LogP contribution in [0.25, 0.3) is 10.2 Å². The highest BCUT2D eigenvalue weighted by molar-refractivity contribution is 7.16. The molecule has 21 heavy (non-hydrogen) atoms. The predicted octanol–water partition coefficient (Wildman–Crippen LogP) is 3.07. The van der Waals surface area contributed by atoms with Crippen LogP contribution in [0.3, 0.4) is 0 Å². The Morgan fingerprint density at radius 2 is 2.00 bits per heavy atom. The van der Waals surface area contributed by atoms with Gasteiger partial charge in [-0.2, -0.15) is 0 Å². The van der Waals surface area contributed by atoms with Crippen molar-refractivity contribution in [3.8, 4) is 11.5 Å². The van der Waals surface area contributed by atoms with Crippen molar-refractivity contribution in [2.45, 2.75) is 6.54 Å². The Bertz CT molecular complexity index is 787. The Morgan fingerprint density at radius 3 is 2.95 bits per heavy atom. The molecule has 0 saturated heterocycles. The molecule has 1 aliphatic rings. The van der Waals surface area contributed by atoms with Crippen molar-refractivity contribution in [2.75, 3.05) is 18.5 Å². The first-order valence-electron chi connectivity index (χ1n) is 6.71. The molecule has 106 valence electrons. The van der Waals surface area contributed by atoms with E-state index in [9.17, 15) is 0 Å². The summed E-state index contributed by atoms with van der Waals surface area (Å²) in [6.07, 6.45) is 1.59. The van der Waals surface area contributed by atoms with Gasteiger partial charge in [0.05, 0.1) is 5.39 Å². The second-order valence-electron chi connectivity index (χ2n) is 4.69. The first kappa shape index (κ1) is 12.4. The Morgan fingerprint density at radius 1 is 1.10 bits per heavy atom. The molecule has 0 bridgehead atoms. The number of hydrogen-bond acceptors (Lipinski definition) is 6. The van der Waals surface area contributed by atoms with Gasteiger partial charge in [0.1, 0.15) is 30.2 Å². The second-order valence-corrected chi connectivity index (χ2v) is 5.59. The molecule has 0 unspecified atom stereocenters. The number of benzene rings is 1. The molecule has 1 aromatic carbocycles. The SMILES string of the molecule is c1nc(NCc2ccc3c(c2)OCCO3)c2ccsc2n1. The van der Waals surface area contributed by atoms with Gasteiger partial charge in [0.25, 0.3) is 0 Å².